The number of hydrogen-bond donors (Lipinski definition) is 1. The molecule has 1 heterocycles. The maximum atomic E-state index is 12.2. The Kier molecular flexibility index (Phi) is 4.19. The summed E-state index contributed by atoms with van der Waals surface area (Å²) in [6, 6.07) is 2.34. The number of nitrogens with zero attached hydrogens (tertiary/aromatic N) is 2. The summed E-state index contributed by atoms with van der Waals surface area (Å²) in [5.74, 6) is 1.75. The second kappa shape index (κ2) is 6.14. The minimum absolute atomic E-state index is 0.0761. The van der Waals surface area contributed by atoms with E-state index in [9.17, 15) is 19.7 Å². The molecular weight excluding hydrogens is 298 g/mol. The minimum atomic E-state index is -0.578. The Morgan fingerprint density at radius 2 is 2.22 bits per heavy atom. The van der Waals surface area contributed by atoms with Crippen LogP contribution in [0.5, 0.6) is 0 Å². The molecule has 0 saturated heterocycles. The molecule has 1 aromatic heterocycles. The van der Waals surface area contributed by atoms with Crippen molar-refractivity contribution < 1.29 is 9.72 Å². The number of nitro groups is 1. The second-order valence-corrected chi connectivity index (χ2v) is 6.81. The van der Waals surface area contributed by atoms with Crippen LogP contribution in [0.3, 0.4) is 0 Å². The lowest BCUT2D eigenvalue weighted by molar-refractivity contribution is -0.385. The largest absolute Gasteiger partial charge is 0.352 e. The summed E-state index contributed by atoms with van der Waals surface area (Å²) in [6.07, 6.45) is 6.12. The van der Waals surface area contributed by atoms with Gasteiger partial charge in [0.2, 0.25) is 5.91 Å². The molecule has 7 heteroatoms. The van der Waals surface area contributed by atoms with Gasteiger partial charge < -0.3 is 5.32 Å². The maximum Gasteiger partial charge on any atom is 0.285 e. The zero-order valence-corrected chi connectivity index (χ0v) is 13.1. The van der Waals surface area contributed by atoms with Crippen LogP contribution in [-0.4, -0.2) is 21.4 Å². The number of carbonyl (C=O) groups excluding carboxylic acids is 1. The van der Waals surface area contributed by atoms with E-state index < -0.39 is 10.5 Å². The molecule has 4 atom stereocenters. The fourth-order valence-electron chi connectivity index (χ4n) is 4.22. The van der Waals surface area contributed by atoms with Gasteiger partial charge in [0.05, 0.1) is 11.1 Å². The molecule has 3 rings (SSSR count). The second-order valence-electron chi connectivity index (χ2n) is 6.81. The van der Waals surface area contributed by atoms with Crippen LogP contribution in [0.1, 0.15) is 32.6 Å². The van der Waals surface area contributed by atoms with Crippen molar-refractivity contribution in [3.05, 3.63) is 38.8 Å². The normalized spacial score (nSPS) is 26.9. The molecule has 0 radical (unpaired) electrons. The van der Waals surface area contributed by atoms with E-state index in [1.807, 2.05) is 6.92 Å². The van der Waals surface area contributed by atoms with E-state index in [0.717, 1.165) is 28.8 Å². The number of pyridine rings is 1. The lowest BCUT2D eigenvalue weighted by Crippen LogP contribution is -2.42. The van der Waals surface area contributed by atoms with Crippen LogP contribution in [0.25, 0.3) is 0 Å². The number of hydrogen-bond acceptors (Lipinski definition) is 4. The molecule has 2 saturated carbocycles. The number of aromatic nitrogens is 1. The summed E-state index contributed by atoms with van der Waals surface area (Å²) in [4.78, 5) is 34.1. The van der Waals surface area contributed by atoms with Crippen molar-refractivity contribution >= 4 is 11.6 Å². The Morgan fingerprint density at radius 3 is 2.83 bits per heavy atom. The van der Waals surface area contributed by atoms with E-state index in [4.69, 9.17) is 0 Å². The highest BCUT2D eigenvalue weighted by atomic mass is 16.6. The Morgan fingerprint density at radius 1 is 1.43 bits per heavy atom. The molecule has 7 nitrogen and oxygen atoms in total. The van der Waals surface area contributed by atoms with E-state index in [2.05, 4.69) is 5.32 Å². The number of amides is 1. The first-order valence-electron chi connectivity index (χ1n) is 8.08. The molecule has 2 fully saturated rings. The van der Waals surface area contributed by atoms with Crippen LogP contribution in [-0.2, 0) is 11.3 Å². The van der Waals surface area contributed by atoms with Crippen LogP contribution in [0, 0.1) is 27.9 Å². The Balaban J connectivity index is 1.62. The number of carbonyl (C=O) groups is 1. The smallest absolute Gasteiger partial charge is 0.285 e. The van der Waals surface area contributed by atoms with Crippen molar-refractivity contribution in [3.63, 3.8) is 0 Å². The maximum absolute atomic E-state index is 12.2. The van der Waals surface area contributed by atoms with E-state index >= 15 is 0 Å². The molecule has 2 aliphatic carbocycles. The molecule has 2 aliphatic rings. The van der Waals surface area contributed by atoms with Gasteiger partial charge in [-0.15, -0.1) is 0 Å². The monoisotopic (exact) mass is 319 g/mol. The third kappa shape index (κ3) is 3.28. The summed E-state index contributed by atoms with van der Waals surface area (Å²) >= 11 is 0. The zero-order valence-electron chi connectivity index (χ0n) is 13.1. The fourth-order valence-corrected chi connectivity index (χ4v) is 4.22. The minimum Gasteiger partial charge on any atom is -0.352 e. The van der Waals surface area contributed by atoms with Gasteiger partial charge in [0.15, 0.2) is 0 Å². The number of nitrogens with one attached hydrogen (secondary N) is 1. The van der Waals surface area contributed by atoms with Gasteiger partial charge in [-0.25, -0.2) is 0 Å². The van der Waals surface area contributed by atoms with E-state index in [-0.39, 0.29) is 24.2 Å². The fraction of sp³-hybridized carbons (Fsp3) is 0.625. The Hall–Kier alpha value is -2.18. The van der Waals surface area contributed by atoms with Crippen molar-refractivity contribution in [2.45, 2.75) is 45.2 Å². The molecule has 0 spiro atoms. The lowest BCUT2D eigenvalue weighted by Gasteiger charge is -2.28. The van der Waals surface area contributed by atoms with Gasteiger partial charge in [-0.2, -0.15) is 0 Å². The van der Waals surface area contributed by atoms with Gasteiger partial charge in [0, 0.05) is 18.2 Å². The summed E-state index contributed by atoms with van der Waals surface area (Å²) in [5, 5.41) is 13.7. The summed E-state index contributed by atoms with van der Waals surface area (Å²) in [7, 11) is 0. The SMILES string of the molecule is C[C@H](NC(=O)Cn1cc([N+](=O)[O-])ccc1=O)[C@@H]1C[C@@H]2CC[C@@H]1C2. The predicted molar refractivity (Wildman–Crippen MR) is 83.9 cm³/mol. The van der Waals surface area contributed by atoms with Crippen LogP contribution < -0.4 is 10.9 Å². The van der Waals surface area contributed by atoms with Gasteiger partial charge in [-0.05, 0) is 43.9 Å². The molecule has 23 heavy (non-hydrogen) atoms. The van der Waals surface area contributed by atoms with Crippen LogP contribution in [0.2, 0.25) is 0 Å². The zero-order chi connectivity index (χ0) is 16.6. The highest BCUT2D eigenvalue weighted by Crippen LogP contribution is 2.49. The van der Waals surface area contributed by atoms with E-state index in [0.29, 0.717) is 11.8 Å². The van der Waals surface area contributed by atoms with Gasteiger partial charge in [0.25, 0.3) is 11.2 Å². The van der Waals surface area contributed by atoms with Crippen LogP contribution in [0.4, 0.5) is 5.69 Å². The third-order valence-electron chi connectivity index (χ3n) is 5.32. The molecule has 124 valence electrons. The average Bonchev–Trinajstić information content (AvgIpc) is 3.12. The molecule has 2 bridgehead atoms. The quantitative estimate of drug-likeness (QED) is 0.660. The van der Waals surface area contributed by atoms with Crippen molar-refractivity contribution in [1.82, 2.24) is 9.88 Å². The molecule has 0 aliphatic heterocycles. The molecule has 0 aromatic carbocycles. The van der Waals surface area contributed by atoms with Crippen LogP contribution in [0.15, 0.2) is 23.1 Å². The molecular formula is C16H21N3O4. The molecule has 1 N–H and O–H groups in total. The topological polar surface area (TPSA) is 94.2 Å². The van der Waals surface area contributed by atoms with Crippen molar-refractivity contribution in [2.75, 3.05) is 0 Å². The standard InChI is InChI=1S/C16H21N3O4/c1-10(14-7-11-2-3-12(14)6-11)17-15(20)9-18-8-13(19(22)23)4-5-16(18)21/h4-5,8,10-12,14H,2-3,6-7,9H2,1H3,(H,17,20)/t10-,11+,12+,14-/m0/s1. The average molecular weight is 319 g/mol. The Bertz CT molecular complexity index is 684. The molecule has 0 unspecified atom stereocenters. The van der Waals surface area contributed by atoms with Crippen LogP contribution >= 0.6 is 0 Å². The van der Waals surface area contributed by atoms with Crippen molar-refractivity contribution in [3.8, 4) is 0 Å². The summed E-state index contributed by atoms with van der Waals surface area (Å²) in [6.45, 7) is 1.82. The molecule has 1 aromatic rings. The first kappa shape index (κ1) is 15.7. The van der Waals surface area contributed by atoms with Gasteiger partial charge >= 0.3 is 0 Å². The Labute approximate surface area is 133 Å². The van der Waals surface area contributed by atoms with E-state index in [1.54, 1.807) is 0 Å². The van der Waals surface area contributed by atoms with Crippen molar-refractivity contribution in [2.24, 2.45) is 17.8 Å². The van der Waals surface area contributed by atoms with Crippen molar-refractivity contribution in [1.29, 1.82) is 0 Å². The number of fused-ring (bicyclic) bond motifs is 2. The lowest BCUT2D eigenvalue weighted by atomic mass is 9.84. The third-order valence-corrected chi connectivity index (χ3v) is 5.32. The highest BCUT2D eigenvalue weighted by Gasteiger charge is 2.42. The first-order valence-corrected chi connectivity index (χ1v) is 8.08. The predicted octanol–water partition coefficient (Wildman–Crippen LogP) is 1.70. The summed E-state index contributed by atoms with van der Waals surface area (Å²) < 4.78 is 1.08. The van der Waals surface area contributed by atoms with Gasteiger partial charge in [-0.1, -0.05) is 6.42 Å². The van der Waals surface area contributed by atoms with Gasteiger partial charge in [-0.3, -0.25) is 24.3 Å². The van der Waals surface area contributed by atoms with E-state index in [1.165, 1.54) is 25.7 Å². The highest BCUT2D eigenvalue weighted by molar-refractivity contribution is 5.76. The first-order chi connectivity index (χ1) is 10.9. The van der Waals surface area contributed by atoms with Gasteiger partial charge in [0.1, 0.15) is 6.54 Å². The number of rotatable bonds is 5. The molecule has 1 amide bonds. The summed E-state index contributed by atoms with van der Waals surface area (Å²) in [5.41, 5.74) is -0.614.